The van der Waals surface area contributed by atoms with E-state index in [2.05, 4.69) is 47.6 Å². The molecule has 1 aliphatic heterocycles. The number of nitrogens with one attached hydrogen (secondary N) is 2. The molecular weight excluding hydrogens is 479 g/mol. The Morgan fingerprint density at radius 1 is 1.24 bits per heavy atom. The number of nitrogens with zero attached hydrogens (tertiary/aromatic N) is 2. The first-order valence-electron chi connectivity index (χ1n) is 10.6. The number of guanidine groups is 1. The number of aryl methyl sites for hydroxylation is 1. The van der Waals surface area contributed by atoms with Crippen molar-refractivity contribution in [1.82, 2.24) is 15.5 Å². The van der Waals surface area contributed by atoms with Crippen molar-refractivity contribution < 1.29 is 9.47 Å². The fourth-order valence-electron chi connectivity index (χ4n) is 3.56. The van der Waals surface area contributed by atoms with Gasteiger partial charge in [0.15, 0.2) is 5.96 Å². The molecule has 0 bridgehead atoms. The van der Waals surface area contributed by atoms with E-state index >= 15 is 0 Å². The van der Waals surface area contributed by atoms with E-state index in [4.69, 9.17) is 14.5 Å². The van der Waals surface area contributed by atoms with Gasteiger partial charge in [-0.1, -0.05) is 12.1 Å². The van der Waals surface area contributed by atoms with Crippen molar-refractivity contribution in [2.45, 2.75) is 45.6 Å². The van der Waals surface area contributed by atoms with Crippen LogP contribution in [-0.4, -0.2) is 70.5 Å². The third kappa shape index (κ3) is 9.53. The number of methoxy groups -OCH3 is 2. The van der Waals surface area contributed by atoms with Gasteiger partial charge in [-0.3, -0.25) is 4.99 Å². The Balaban J connectivity index is 0.00000420. The number of rotatable bonds is 10. The first-order valence-corrected chi connectivity index (χ1v) is 10.6. The van der Waals surface area contributed by atoms with E-state index in [9.17, 15) is 0 Å². The molecule has 6 nitrogen and oxygen atoms in total. The van der Waals surface area contributed by atoms with Crippen LogP contribution in [-0.2, 0) is 11.2 Å². The Kier molecular flexibility index (Phi) is 13.3. The number of benzene rings is 1. The molecule has 2 N–H and O–H groups in total. The van der Waals surface area contributed by atoms with E-state index in [1.165, 1.54) is 11.1 Å². The van der Waals surface area contributed by atoms with E-state index in [0.717, 1.165) is 76.7 Å². The zero-order chi connectivity index (χ0) is 20.2. The van der Waals surface area contributed by atoms with Crippen LogP contribution in [0.2, 0.25) is 0 Å². The minimum absolute atomic E-state index is 0. The number of hydrogen-bond acceptors (Lipinski definition) is 4. The molecule has 2 rings (SSSR count). The van der Waals surface area contributed by atoms with Gasteiger partial charge in [-0.05, 0) is 56.7 Å². The smallest absolute Gasteiger partial charge is 0.191 e. The SMILES string of the molecule is CCNC(=NCCc1ccc(C)c(OC)c1)NC1CCN(CCCOC)CC1.I. The molecule has 1 heterocycles. The van der Waals surface area contributed by atoms with Crippen LogP contribution in [0.4, 0.5) is 0 Å². The first kappa shape index (κ1) is 26.0. The summed E-state index contributed by atoms with van der Waals surface area (Å²) in [6.45, 7) is 10.1. The molecule has 29 heavy (non-hydrogen) atoms. The lowest BCUT2D eigenvalue weighted by Gasteiger charge is -2.33. The highest BCUT2D eigenvalue weighted by molar-refractivity contribution is 14.0. The molecule has 0 aliphatic carbocycles. The van der Waals surface area contributed by atoms with Crippen LogP contribution in [0.5, 0.6) is 5.75 Å². The molecule has 1 fully saturated rings. The molecule has 1 aliphatic rings. The fraction of sp³-hybridized carbons (Fsp3) is 0.682. The zero-order valence-corrected chi connectivity index (χ0v) is 20.8. The third-order valence-electron chi connectivity index (χ3n) is 5.24. The number of hydrogen-bond donors (Lipinski definition) is 2. The van der Waals surface area contributed by atoms with Crippen LogP contribution >= 0.6 is 24.0 Å². The predicted molar refractivity (Wildman–Crippen MR) is 132 cm³/mol. The summed E-state index contributed by atoms with van der Waals surface area (Å²) in [4.78, 5) is 7.32. The summed E-state index contributed by atoms with van der Waals surface area (Å²) in [7, 11) is 3.49. The molecule has 0 atom stereocenters. The van der Waals surface area contributed by atoms with Crippen LogP contribution in [0, 0.1) is 6.92 Å². The van der Waals surface area contributed by atoms with Crippen LogP contribution in [0.1, 0.15) is 37.3 Å². The van der Waals surface area contributed by atoms with Gasteiger partial charge in [0.2, 0.25) is 0 Å². The molecule has 1 saturated heterocycles. The molecule has 0 radical (unpaired) electrons. The van der Waals surface area contributed by atoms with Crippen LogP contribution in [0.25, 0.3) is 0 Å². The maximum Gasteiger partial charge on any atom is 0.191 e. The van der Waals surface area contributed by atoms with Crippen molar-refractivity contribution in [2.75, 3.05) is 53.6 Å². The largest absolute Gasteiger partial charge is 0.496 e. The Labute approximate surface area is 193 Å². The second-order valence-electron chi connectivity index (χ2n) is 7.42. The van der Waals surface area contributed by atoms with E-state index in [-0.39, 0.29) is 24.0 Å². The topological polar surface area (TPSA) is 58.1 Å². The van der Waals surface area contributed by atoms with E-state index in [1.54, 1.807) is 14.2 Å². The van der Waals surface area contributed by atoms with Gasteiger partial charge in [-0.2, -0.15) is 0 Å². The van der Waals surface area contributed by atoms with E-state index in [1.807, 2.05) is 0 Å². The molecule has 0 saturated carbocycles. The summed E-state index contributed by atoms with van der Waals surface area (Å²) in [5, 5.41) is 7.01. The molecule has 0 amide bonds. The molecule has 0 aromatic heterocycles. The Bertz CT molecular complexity index is 604. The summed E-state index contributed by atoms with van der Waals surface area (Å²) in [6, 6.07) is 6.88. The monoisotopic (exact) mass is 518 g/mol. The van der Waals surface area contributed by atoms with Gasteiger partial charge < -0.3 is 25.0 Å². The lowest BCUT2D eigenvalue weighted by atomic mass is 10.1. The summed E-state index contributed by atoms with van der Waals surface area (Å²) in [5.41, 5.74) is 2.42. The van der Waals surface area contributed by atoms with Crippen molar-refractivity contribution >= 4 is 29.9 Å². The summed E-state index contributed by atoms with van der Waals surface area (Å²) in [5.74, 6) is 1.88. The average Bonchev–Trinajstić information content (AvgIpc) is 2.71. The highest BCUT2D eigenvalue weighted by atomic mass is 127. The number of piperidine rings is 1. The molecule has 1 aromatic rings. The van der Waals surface area contributed by atoms with Gasteiger partial charge in [-0.15, -0.1) is 24.0 Å². The lowest BCUT2D eigenvalue weighted by molar-refractivity contribution is 0.155. The van der Waals surface area contributed by atoms with Crippen molar-refractivity contribution in [1.29, 1.82) is 0 Å². The van der Waals surface area contributed by atoms with E-state index in [0.29, 0.717) is 6.04 Å². The Morgan fingerprint density at radius 3 is 2.66 bits per heavy atom. The molecule has 0 unspecified atom stereocenters. The number of ether oxygens (including phenoxy) is 2. The van der Waals surface area contributed by atoms with Crippen LogP contribution in [0.3, 0.4) is 0 Å². The van der Waals surface area contributed by atoms with E-state index < -0.39 is 0 Å². The molecule has 1 aromatic carbocycles. The second kappa shape index (κ2) is 14.8. The zero-order valence-electron chi connectivity index (χ0n) is 18.5. The van der Waals surface area contributed by atoms with Crippen molar-refractivity contribution in [3.05, 3.63) is 29.3 Å². The predicted octanol–water partition coefficient (Wildman–Crippen LogP) is 3.22. The molecular formula is C22H39IN4O2. The molecule has 166 valence electrons. The minimum Gasteiger partial charge on any atom is -0.496 e. The Morgan fingerprint density at radius 2 is 2.00 bits per heavy atom. The quantitative estimate of drug-likeness (QED) is 0.216. The van der Waals surface area contributed by atoms with Gasteiger partial charge in [0.05, 0.1) is 7.11 Å². The number of aliphatic imine (C=N–C) groups is 1. The fourth-order valence-corrected chi connectivity index (χ4v) is 3.56. The highest BCUT2D eigenvalue weighted by Crippen LogP contribution is 2.19. The van der Waals surface area contributed by atoms with Crippen molar-refractivity contribution in [2.24, 2.45) is 4.99 Å². The van der Waals surface area contributed by atoms with Gasteiger partial charge in [0.25, 0.3) is 0 Å². The molecule has 7 heteroatoms. The summed E-state index contributed by atoms with van der Waals surface area (Å²) in [6.07, 6.45) is 4.34. The van der Waals surface area contributed by atoms with Crippen molar-refractivity contribution in [3.63, 3.8) is 0 Å². The first-order chi connectivity index (χ1) is 13.7. The standard InChI is InChI=1S/C22H38N4O2.HI/c1-5-23-22(24-12-9-19-8-7-18(2)21(17-19)28-4)25-20-10-14-26(15-11-20)13-6-16-27-3;/h7-8,17,20H,5-6,9-16H2,1-4H3,(H2,23,24,25);1H. The maximum absolute atomic E-state index is 5.42. The highest BCUT2D eigenvalue weighted by Gasteiger charge is 2.19. The Hall–Kier alpha value is -1.06. The number of halogens is 1. The minimum atomic E-state index is 0. The van der Waals surface area contributed by atoms with Crippen LogP contribution in [0.15, 0.2) is 23.2 Å². The number of likely N-dealkylation sites (tertiary alicyclic amines) is 1. The average molecular weight is 518 g/mol. The van der Waals surface area contributed by atoms with Gasteiger partial charge in [0.1, 0.15) is 5.75 Å². The van der Waals surface area contributed by atoms with Gasteiger partial charge >= 0.3 is 0 Å². The van der Waals surface area contributed by atoms with Gasteiger partial charge in [0, 0.05) is 52.5 Å². The second-order valence-corrected chi connectivity index (χ2v) is 7.42. The maximum atomic E-state index is 5.42. The summed E-state index contributed by atoms with van der Waals surface area (Å²) < 4.78 is 10.6. The van der Waals surface area contributed by atoms with Crippen molar-refractivity contribution in [3.8, 4) is 5.75 Å². The molecule has 0 spiro atoms. The van der Waals surface area contributed by atoms with Gasteiger partial charge in [-0.25, -0.2) is 0 Å². The van der Waals surface area contributed by atoms with Crippen LogP contribution < -0.4 is 15.4 Å². The lowest BCUT2D eigenvalue weighted by Crippen LogP contribution is -2.49. The summed E-state index contributed by atoms with van der Waals surface area (Å²) >= 11 is 0. The third-order valence-corrected chi connectivity index (χ3v) is 5.24. The normalized spacial score (nSPS) is 15.7.